The summed E-state index contributed by atoms with van der Waals surface area (Å²) in [5.74, 6) is -0.394. The molecule has 23 heavy (non-hydrogen) atoms. The minimum absolute atomic E-state index is 0.136. The Morgan fingerprint density at radius 3 is 2.83 bits per heavy atom. The van der Waals surface area contributed by atoms with Gasteiger partial charge in [-0.3, -0.25) is 9.80 Å². The minimum Gasteiger partial charge on any atom is -0.469 e. The number of esters is 1. The van der Waals surface area contributed by atoms with Gasteiger partial charge in [-0.1, -0.05) is 23.7 Å². The number of hydrogen-bond acceptors (Lipinski definition) is 5. The Kier molecular flexibility index (Phi) is 6.86. The number of carbonyl (C=O) groups excluding carboxylic acids is 1. The maximum atomic E-state index is 11.7. The number of ether oxygens (including phenoxy) is 2. The van der Waals surface area contributed by atoms with Gasteiger partial charge < -0.3 is 9.47 Å². The van der Waals surface area contributed by atoms with E-state index in [1.165, 1.54) is 7.11 Å². The molecule has 0 spiro atoms. The molecule has 126 valence electrons. The highest BCUT2D eigenvalue weighted by molar-refractivity contribution is 6.30. The molecule has 1 saturated heterocycles. The zero-order chi connectivity index (χ0) is 16.7. The average Bonchev–Trinajstić information content (AvgIpc) is 2.99. The highest BCUT2D eigenvalue weighted by Crippen LogP contribution is 2.23. The second-order valence-electron chi connectivity index (χ2n) is 5.62. The van der Waals surface area contributed by atoms with E-state index in [0.717, 1.165) is 24.9 Å². The quantitative estimate of drug-likeness (QED) is 0.566. The largest absolute Gasteiger partial charge is 0.469 e. The lowest BCUT2D eigenvalue weighted by molar-refractivity contribution is -0.140. The van der Waals surface area contributed by atoms with Crippen molar-refractivity contribution < 1.29 is 14.3 Å². The van der Waals surface area contributed by atoms with Crippen molar-refractivity contribution >= 4 is 23.8 Å². The molecule has 0 aromatic heterocycles. The van der Waals surface area contributed by atoms with Crippen LogP contribution in [0.3, 0.4) is 0 Å². The van der Waals surface area contributed by atoms with E-state index in [9.17, 15) is 4.79 Å². The van der Waals surface area contributed by atoms with Crippen LogP contribution in [0.4, 0.5) is 0 Å². The predicted octanol–water partition coefficient (Wildman–Crippen LogP) is 3.08. The Labute approximate surface area is 142 Å². The first-order valence-corrected chi connectivity index (χ1v) is 8.13. The molecular weight excluding hydrogens is 316 g/mol. The van der Waals surface area contributed by atoms with Gasteiger partial charge in [-0.25, -0.2) is 0 Å². The Hall–Kier alpha value is -1.59. The van der Waals surface area contributed by atoms with E-state index in [-0.39, 0.29) is 18.3 Å². The van der Waals surface area contributed by atoms with Crippen molar-refractivity contribution in [1.29, 1.82) is 0 Å². The summed E-state index contributed by atoms with van der Waals surface area (Å²) in [6, 6.07) is 7.77. The summed E-state index contributed by atoms with van der Waals surface area (Å²) in [5, 5.41) is 7.31. The molecule has 0 bridgehead atoms. The van der Waals surface area contributed by atoms with E-state index in [1.807, 2.05) is 35.5 Å². The Balaban J connectivity index is 2.11. The van der Waals surface area contributed by atoms with Gasteiger partial charge in [0.1, 0.15) is 0 Å². The van der Waals surface area contributed by atoms with Gasteiger partial charge in [0.15, 0.2) is 0 Å². The molecule has 5 nitrogen and oxygen atoms in total. The normalized spacial score (nSPS) is 19.3. The number of methoxy groups -OCH3 is 2. The first-order chi connectivity index (χ1) is 11.1. The molecule has 0 aliphatic carbocycles. The number of carbonyl (C=O) groups is 1. The van der Waals surface area contributed by atoms with E-state index in [1.54, 1.807) is 7.11 Å². The SMILES string of the molecule is COC[C@@H]1CCCN1/N=C/[C@H](CC(=O)OC)c1ccc(Cl)cc1. The van der Waals surface area contributed by atoms with Crippen LogP contribution in [-0.2, 0) is 14.3 Å². The zero-order valence-electron chi connectivity index (χ0n) is 13.6. The van der Waals surface area contributed by atoms with Crippen molar-refractivity contribution in [2.75, 3.05) is 27.4 Å². The van der Waals surface area contributed by atoms with E-state index < -0.39 is 0 Å². The third-order valence-electron chi connectivity index (χ3n) is 4.01. The van der Waals surface area contributed by atoms with Gasteiger partial charge in [0.05, 0.1) is 26.2 Å². The molecule has 2 rings (SSSR count). The lowest BCUT2D eigenvalue weighted by atomic mass is 9.97. The third-order valence-corrected chi connectivity index (χ3v) is 4.26. The van der Waals surface area contributed by atoms with Gasteiger partial charge in [-0.2, -0.15) is 5.10 Å². The number of rotatable bonds is 7. The number of benzene rings is 1. The monoisotopic (exact) mass is 338 g/mol. The van der Waals surface area contributed by atoms with Gasteiger partial charge in [-0.15, -0.1) is 0 Å². The minimum atomic E-state index is -0.258. The summed E-state index contributed by atoms with van der Waals surface area (Å²) in [6.45, 7) is 1.58. The molecule has 1 aromatic rings. The topological polar surface area (TPSA) is 51.1 Å². The van der Waals surface area contributed by atoms with E-state index in [2.05, 4.69) is 5.10 Å². The van der Waals surface area contributed by atoms with Gasteiger partial charge in [0, 0.05) is 30.8 Å². The molecule has 1 aromatic carbocycles. The fraction of sp³-hybridized carbons (Fsp3) is 0.529. The zero-order valence-corrected chi connectivity index (χ0v) is 14.3. The molecule has 0 radical (unpaired) electrons. The lowest BCUT2D eigenvalue weighted by Gasteiger charge is -2.21. The fourth-order valence-electron chi connectivity index (χ4n) is 2.73. The number of hydrogen-bond donors (Lipinski definition) is 0. The van der Waals surface area contributed by atoms with Crippen LogP contribution >= 0.6 is 11.6 Å². The Bertz CT molecular complexity index is 533. The molecule has 1 aliphatic rings. The van der Waals surface area contributed by atoms with Crippen molar-refractivity contribution in [3.05, 3.63) is 34.9 Å². The highest BCUT2D eigenvalue weighted by atomic mass is 35.5. The summed E-state index contributed by atoms with van der Waals surface area (Å²) in [5.41, 5.74) is 0.992. The second-order valence-corrected chi connectivity index (χ2v) is 6.05. The number of halogens is 1. The van der Waals surface area contributed by atoms with Crippen LogP contribution in [0.2, 0.25) is 5.02 Å². The molecular formula is C17H23ClN2O3. The van der Waals surface area contributed by atoms with Crippen molar-refractivity contribution in [2.45, 2.75) is 31.2 Å². The van der Waals surface area contributed by atoms with Gasteiger partial charge >= 0.3 is 5.97 Å². The average molecular weight is 339 g/mol. The molecule has 0 N–H and O–H groups in total. The summed E-state index contributed by atoms with van der Waals surface area (Å²) in [7, 11) is 3.10. The highest BCUT2D eigenvalue weighted by Gasteiger charge is 2.23. The van der Waals surface area contributed by atoms with Crippen molar-refractivity contribution in [3.63, 3.8) is 0 Å². The summed E-state index contributed by atoms with van der Waals surface area (Å²) in [4.78, 5) is 11.7. The Morgan fingerprint density at radius 2 is 2.17 bits per heavy atom. The van der Waals surface area contributed by atoms with Crippen molar-refractivity contribution in [1.82, 2.24) is 5.01 Å². The van der Waals surface area contributed by atoms with E-state index in [0.29, 0.717) is 17.7 Å². The third kappa shape index (κ3) is 5.22. The standard InChI is InChI=1S/C17H23ClN2O3/c1-22-12-16-4-3-9-20(16)19-11-14(10-17(21)23-2)13-5-7-15(18)8-6-13/h5-8,11,14,16H,3-4,9-10,12H2,1-2H3/b19-11+/t14-,16-/m0/s1. The molecule has 0 unspecified atom stereocenters. The molecule has 1 fully saturated rings. The van der Waals surface area contributed by atoms with Gasteiger partial charge in [-0.05, 0) is 30.5 Å². The van der Waals surface area contributed by atoms with Crippen LogP contribution in [0.15, 0.2) is 29.4 Å². The molecule has 6 heteroatoms. The van der Waals surface area contributed by atoms with Crippen LogP contribution < -0.4 is 0 Å². The molecule has 0 saturated carbocycles. The van der Waals surface area contributed by atoms with Crippen LogP contribution in [0.1, 0.15) is 30.7 Å². The van der Waals surface area contributed by atoms with Crippen LogP contribution in [0, 0.1) is 0 Å². The van der Waals surface area contributed by atoms with Gasteiger partial charge in [0.2, 0.25) is 0 Å². The molecule has 2 atom stereocenters. The smallest absolute Gasteiger partial charge is 0.306 e. The first kappa shape index (κ1) is 17.8. The molecule has 0 amide bonds. The maximum absolute atomic E-state index is 11.7. The first-order valence-electron chi connectivity index (χ1n) is 7.76. The fourth-order valence-corrected chi connectivity index (χ4v) is 2.86. The predicted molar refractivity (Wildman–Crippen MR) is 90.9 cm³/mol. The van der Waals surface area contributed by atoms with Crippen molar-refractivity contribution in [2.24, 2.45) is 5.10 Å². The summed E-state index contributed by atoms with van der Waals surface area (Å²) < 4.78 is 10.0. The molecule has 1 aliphatic heterocycles. The van der Waals surface area contributed by atoms with Crippen LogP contribution in [-0.4, -0.2) is 50.6 Å². The second kappa shape index (κ2) is 8.89. The maximum Gasteiger partial charge on any atom is 0.306 e. The van der Waals surface area contributed by atoms with Crippen molar-refractivity contribution in [3.8, 4) is 0 Å². The number of nitrogens with zero attached hydrogens (tertiary/aromatic N) is 2. The lowest BCUT2D eigenvalue weighted by Crippen LogP contribution is -2.28. The van der Waals surface area contributed by atoms with E-state index >= 15 is 0 Å². The summed E-state index contributed by atoms with van der Waals surface area (Å²) >= 11 is 5.94. The van der Waals surface area contributed by atoms with Crippen LogP contribution in [0.25, 0.3) is 0 Å². The number of hydrazone groups is 1. The van der Waals surface area contributed by atoms with E-state index in [4.69, 9.17) is 21.1 Å². The molecule has 1 heterocycles. The van der Waals surface area contributed by atoms with Crippen LogP contribution in [0.5, 0.6) is 0 Å². The summed E-state index contributed by atoms with van der Waals surface area (Å²) in [6.07, 6.45) is 4.26. The van der Waals surface area contributed by atoms with Gasteiger partial charge in [0.25, 0.3) is 0 Å². The Morgan fingerprint density at radius 1 is 1.43 bits per heavy atom.